The number of aromatic nitrogens is 2. The van der Waals surface area contributed by atoms with E-state index in [1.54, 1.807) is 4.68 Å². The van der Waals surface area contributed by atoms with Crippen LogP contribution in [0.25, 0.3) is 10.8 Å². The molecule has 1 heterocycles. The normalized spacial score (nSPS) is 12.3. The van der Waals surface area contributed by atoms with Crippen molar-refractivity contribution in [3.63, 3.8) is 0 Å². The van der Waals surface area contributed by atoms with Crippen LogP contribution in [0.4, 0.5) is 5.69 Å². The Hall–Kier alpha value is -2.66. The van der Waals surface area contributed by atoms with Gasteiger partial charge in [-0.1, -0.05) is 42.5 Å². The lowest BCUT2D eigenvalue weighted by Gasteiger charge is -2.16. The number of nitrogens with one attached hydrogen (secondary N) is 2. The summed E-state index contributed by atoms with van der Waals surface area (Å²) in [7, 11) is 1.87. The van der Waals surface area contributed by atoms with E-state index in [4.69, 9.17) is 0 Å². The molecular weight excluding hydrogens is 312 g/mol. The maximum Gasteiger partial charge on any atom is 0.238 e. The third kappa shape index (κ3) is 3.56. The highest BCUT2D eigenvalue weighted by Crippen LogP contribution is 2.24. The Labute approximate surface area is 148 Å². The fourth-order valence-corrected chi connectivity index (χ4v) is 3.12. The van der Waals surface area contributed by atoms with Crippen molar-refractivity contribution in [1.29, 1.82) is 0 Å². The van der Waals surface area contributed by atoms with Crippen LogP contribution in [0.15, 0.2) is 42.5 Å². The van der Waals surface area contributed by atoms with E-state index in [1.165, 1.54) is 16.3 Å². The summed E-state index contributed by atoms with van der Waals surface area (Å²) < 4.78 is 1.77. The van der Waals surface area contributed by atoms with E-state index in [9.17, 15) is 4.79 Å². The average molecular weight is 336 g/mol. The van der Waals surface area contributed by atoms with Gasteiger partial charge in [-0.15, -0.1) is 0 Å². The Morgan fingerprint density at radius 3 is 2.60 bits per heavy atom. The van der Waals surface area contributed by atoms with E-state index in [2.05, 4.69) is 53.0 Å². The summed E-state index contributed by atoms with van der Waals surface area (Å²) in [6.45, 7) is 6.17. The molecule has 5 heteroatoms. The second-order valence-corrected chi connectivity index (χ2v) is 6.39. The van der Waals surface area contributed by atoms with Crippen molar-refractivity contribution in [2.24, 2.45) is 7.05 Å². The Kier molecular flexibility index (Phi) is 4.86. The molecule has 0 aliphatic carbocycles. The molecule has 0 radical (unpaired) electrons. The van der Waals surface area contributed by atoms with Crippen LogP contribution in [0.1, 0.15) is 29.9 Å². The van der Waals surface area contributed by atoms with E-state index in [0.717, 1.165) is 17.1 Å². The minimum Gasteiger partial charge on any atom is -0.322 e. The third-order valence-electron chi connectivity index (χ3n) is 4.63. The maximum absolute atomic E-state index is 12.3. The Bertz CT molecular complexity index is 908. The van der Waals surface area contributed by atoms with Crippen molar-refractivity contribution in [1.82, 2.24) is 15.1 Å². The van der Waals surface area contributed by atoms with Gasteiger partial charge in [0, 0.05) is 13.1 Å². The van der Waals surface area contributed by atoms with Gasteiger partial charge >= 0.3 is 0 Å². The first-order chi connectivity index (χ1) is 12.0. The first-order valence-corrected chi connectivity index (χ1v) is 8.48. The van der Waals surface area contributed by atoms with Crippen LogP contribution in [0, 0.1) is 13.8 Å². The topological polar surface area (TPSA) is 59.0 Å². The lowest BCUT2D eigenvalue weighted by Crippen LogP contribution is -2.30. The molecule has 0 fully saturated rings. The van der Waals surface area contributed by atoms with Gasteiger partial charge in [-0.2, -0.15) is 5.10 Å². The quantitative estimate of drug-likeness (QED) is 0.750. The predicted octanol–water partition coefficient (Wildman–Crippen LogP) is 3.48. The van der Waals surface area contributed by atoms with Crippen molar-refractivity contribution in [2.45, 2.75) is 26.8 Å². The second kappa shape index (κ2) is 7.07. The highest BCUT2D eigenvalue weighted by atomic mass is 16.1. The van der Waals surface area contributed by atoms with Crippen molar-refractivity contribution < 1.29 is 4.79 Å². The fourth-order valence-electron chi connectivity index (χ4n) is 3.12. The van der Waals surface area contributed by atoms with E-state index in [0.29, 0.717) is 0 Å². The number of carbonyl (C=O) groups is 1. The molecule has 0 saturated heterocycles. The smallest absolute Gasteiger partial charge is 0.238 e. The summed E-state index contributed by atoms with van der Waals surface area (Å²) in [5.41, 5.74) is 3.77. The highest BCUT2D eigenvalue weighted by Gasteiger charge is 2.14. The average Bonchev–Trinajstić information content (AvgIpc) is 2.85. The van der Waals surface area contributed by atoms with Crippen LogP contribution < -0.4 is 10.6 Å². The van der Waals surface area contributed by atoms with Gasteiger partial charge in [-0.05, 0) is 37.1 Å². The molecule has 5 nitrogen and oxygen atoms in total. The maximum atomic E-state index is 12.3. The third-order valence-corrected chi connectivity index (χ3v) is 4.63. The van der Waals surface area contributed by atoms with Crippen molar-refractivity contribution in [3.05, 3.63) is 59.4 Å². The van der Waals surface area contributed by atoms with Gasteiger partial charge in [0.1, 0.15) is 0 Å². The molecule has 1 aromatic heterocycles. The molecule has 2 aromatic carbocycles. The van der Waals surface area contributed by atoms with Crippen LogP contribution in [0.3, 0.4) is 0 Å². The number of nitrogens with zero attached hydrogens (tertiary/aromatic N) is 2. The molecule has 1 atom stereocenters. The van der Waals surface area contributed by atoms with Crippen LogP contribution >= 0.6 is 0 Å². The lowest BCUT2D eigenvalue weighted by molar-refractivity contribution is -0.115. The SMILES string of the molecule is Cc1nn(C)c(C)c1NC(=O)CN[C@@H](C)c1cccc2ccccc12. The number of fused-ring (bicyclic) bond motifs is 1. The molecule has 25 heavy (non-hydrogen) atoms. The number of rotatable bonds is 5. The number of benzene rings is 2. The van der Waals surface area contributed by atoms with Gasteiger partial charge in [-0.25, -0.2) is 0 Å². The monoisotopic (exact) mass is 336 g/mol. The molecule has 0 aliphatic rings. The zero-order valence-electron chi connectivity index (χ0n) is 15.1. The number of hydrogen-bond donors (Lipinski definition) is 2. The van der Waals surface area contributed by atoms with Gasteiger partial charge in [-0.3, -0.25) is 9.48 Å². The molecule has 3 rings (SSSR count). The Morgan fingerprint density at radius 2 is 1.88 bits per heavy atom. The Morgan fingerprint density at radius 1 is 1.16 bits per heavy atom. The Balaban J connectivity index is 1.67. The number of carbonyl (C=O) groups excluding carboxylic acids is 1. The van der Waals surface area contributed by atoms with Gasteiger partial charge in [0.25, 0.3) is 0 Å². The number of aryl methyl sites for hydroxylation is 2. The summed E-state index contributed by atoms with van der Waals surface area (Å²) in [4.78, 5) is 12.3. The number of hydrogen-bond acceptors (Lipinski definition) is 3. The summed E-state index contributed by atoms with van der Waals surface area (Å²) in [6, 6.07) is 14.6. The van der Waals surface area contributed by atoms with Crippen LogP contribution in [-0.4, -0.2) is 22.2 Å². The summed E-state index contributed by atoms with van der Waals surface area (Å²) >= 11 is 0. The standard InChI is InChI=1S/C20H24N4O/c1-13(17-11-7-9-16-8-5-6-10-18(16)17)21-12-19(25)22-20-14(2)23-24(4)15(20)3/h5-11,13,21H,12H2,1-4H3,(H,22,25)/t13-/m0/s1. The van der Waals surface area contributed by atoms with Crippen LogP contribution in [-0.2, 0) is 11.8 Å². The van der Waals surface area contributed by atoms with Gasteiger partial charge in [0.05, 0.1) is 23.6 Å². The molecule has 0 spiro atoms. The van der Waals surface area contributed by atoms with E-state index in [-0.39, 0.29) is 18.5 Å². The number of anilines is 1. The summed E-state index contributed by atoms with van der Waals surface area (Å²) in [6.07, 6.45) is 0. The van der Waals surface area contributed by atoms with Crippen molar-refractivity contribution in [3.8, 4) is 0 Å². The first kappa shape index (κ1) is 17.2. The zero-order valence-corrected chi connectivity index (χ0v) is 15.1. The van der Waals surface area contributed by atoms with Crippen LogP contribution in [0.2, 0.25) is 0 Å². The second-order valence-electron chi connectivity index (χ2n) is 6.39. The van der Waals surface area contributed by atoms with Crippen molar-refractivity contribution >= 4 is 22.4 Å². The van der Waals surface area contributed by atoms with E-state index < -0.39 is 0 Å². The predicted molar refractivity (Wildman–Crippen MR) is 102 cm³/mol. The van der Waals surface area contributed by atoms with Gasteiger partial charge in [0.15, 0.2) is 0 Å². The first-order valence-electron chi connectivity index (χ1n) is 8.48. The molecule has 0 saturated carbocycles. The molecule has 0 unspecified atom stereocenters. The minimum atomic E-state index is -0.0636. The number of amides is 1. The molecule has 3 aromatic rings. The van der Waals surface area contributed by atoms with Gasteiger partial charge < -0.3 is 10.6 Å². The van der Waals surface area contributed by atoms with E-state index >= 15 is 0 Å². The molecule has 2 N–H and O–H groups in total. The molecule has 130 valence electrons. The molecule has 0 aliphatic heterocycles. The largest absolute Gasteiger partial charge is 0.322 e. The zero-order chi connectivity index (χ0) is 18.0. The minimum absolute atomic E-state index is 0.0636. The molecule has 0 bridgehead atoms. The lowest BCUT2D eigenvalue weighted by atomic mass is 10.00. The molecule has 1 amide bonds. The summed E-state index contributed by atoms with van der Waals surface area (Å²) in [5, 5.41) is 13.0. The molecular formula is C20H24N4O. The van der Waals surface area contributed by atoms with Gasteiger partial charge in [0.2, 0.25) is 5.91 Å². The van der Waals surface area contributed by atoms with Crippen LogP contribution in [0.5, 0.6) is 0 Å². The van der Waals surface area contributed by atoms with E-state index in [1.807, 2.05) is 33.0 Å². The van der Waals surface area contributed by atoms with Crippen molar-refractivity contribution in [2.75, 3.05) is 11.9 Å². The fraction of sp³-hybridized carbons (Fsp3) is 0.300. The summed E-state index contributed by atoms with van der Waals surface area (Å²) in [5.74, 6) is -0.0636. The highest BCUT2D eigenvalue weighted by molar-refractivity contribution is 5.93.